The number of carbonyl (C=O) groups is 1. The second-order valence-electron chi connectivity index (χ2n) is 20.7. The predicted molar refractivity (Wildman–Crippen MR) is 293 cm³/mol. The molecule has 0 spiro atoms. The summed E-state index contributed by atoms with van der Waals surface area (Å²) in [4.78, 5) is 33.4. The Hall–Kier alpha value is -5.55. The number of benzene rings is 4. The number of hydrogen-bond donors (Lipinski definition) is 1. The molecule has 2 fully saturated rings. The number of amides is 1. The molecule has 0 radical (unpaired) electrons. The van der Waals surface area contributed by atoms with Crippen molar-refractivity contribution in [3.05, 3.63) is 148 Å². The minimum absolute atomic E-state index is 0.0351. The Balaban J connectivity index is 1.43. The lowest BCUT2D eigenvalue weighted by Gasteiger charge is -2.42. The van der Waals surface area contributed by atoms with Crippen molar-refractivity contribution < 1.29 is 51.4 Å². The van der Waals surface area contributed by atoms with Crippen LogP contribution in [-0.2, 0) is 38.0 Å². The van der Waals surface area contributed by atoms with Gasteiger partial charge in [-0.3, -0.25) is 9.36 Å². The highest BCUT2D eigenvalue weighted by Gasteiger charge is 2.55. The fourth-order valence-electron chi connectivity index (χ4n) is 9.04. The van der Waals surface area contributed by atoms with Crippen LogP contribution in [0.1, 0.15) is 106 Å². The number of nitrogens with zero attached hydrogens (tertiary/aromatic N) is 4. The zero-order chi connectivity index (χ0) is 54.8. The van der Waals surface area contributed by atoms with E-state index in [2.05, 4.69) is 82.6 Å². The summed E-state index contributed by atoms with van der Waals surface area (Å²) in [7, 11) is 0.0554. The van der Waals surface area contributed by atoms with Gasteiger partial charge in [0.05, 0.1) is 65.8 Å². The van der Waals surface area contributed by atoms with Crippen molar-refractivity contribution in [2.24, 2.45) is 0 Å². The van der Waals surface area contributed by atoms with Gasteiger partial charge in [-0.1, -0.05) is 75.4 Å². The maximum absolute atomic E-state index is 15.0. The zero-order valence-corrected chi connectivity index (χ0v) is 47.7. The van der Waals surface area contributed by atoms with Gasteiger partial charge in [-0.2, -0.15) is 10.2 Å². The molecule has 7 rings (SSSR count). The molecule has 0 saturated carbocycles. The van der Waals surface area contributed by atoms with E-state index in [0.717, 1.165) is 16.7 Å². The number of anilines is 1. The van der Waals surface area contributed by atoms with Crippen molar-refractivity contribution in [1.29, 1.82) is 5.26 Å². The average molecular weight is 1080 g/mol. The molecule has 19 heteroatoms. The van der Waals surface area contributed by atoms with Crippen LogP contribution in [0.4, 0.5) is 5.82 Å². The molecule has 0 aliphatic carbocycles. The van der Waals surface area contributed by atoms with E-state index in [-0.39, 0.29) is 42.6 Å². The average Bonchev–Trinajstić information content (AvgIpc) is 3.77. The minimum atomic E-state index is -2.81. The number of rotatable bonds is 23. The second kappa shape index (κ2) is 25.7. The van der Waals surface area contributed by atoms with Crippen molar-refractivity contribution in [2.45, 2.75) is 128 Å². The summed E-state index contributed by atoms with van der Waals surface area (Å²) in [5, 5.41) is 12.2. The van der Waals surface area contributed by atoms with Crippen LogP contribution in [0.5, 0.6) is 17.2 Å². The Morgan fingerprint density at radius 3 is 1.88 bits per heavy atom. The molecule has 1 aromatic heterocycles. The van der Waals surface area contributed by atoms with Crippen molar-refractivity contribution in [2.75, 3.05) is 53.1 Å². The van der Waals surface area contributed by atoms with E-state index < -0.39 is 64.9 Å². The summed E-state index contributed by atoms with van der Waals surface area (Å²) < 4.78 is 68.8. The molecule has 0 bridgehead atoms. The summed E-state index contributed by atoms with van der Waals surface area (Å²) in [5.41, 5.74) is 1.00. The lowest BCUT2D eigenvalue weighted by molar-refractivity contribution is -0.183. The maximum Gasteiger partial charge on any atom is 0.351 e. The van der Waals surface area contributed by atoms with Crippen LogP contribution in [0, 0.1) is 11.3 Å². The monoisotopic (exact) mass is 1080 g/mol. The smallest absolute Gasteiger partial charge is 0.351 e. The highest BCUT2D eigenvalue weighted by molar-refractivity contribution is 7.44. The Labute approximate surface area is 449 Å². The van der Waals surface area contributed by atoms with Gasteiger partial charge in [0.2, 0.25) is 0 Å². The largest absolute Gasteiger partial charge is 0.497 e. The first kappa shape index (κ1) is 58.1. The molecule has 4 unspecified atom stereocenters. The van der Waals surface area contributed by atoms with Gasteiger partial charge >= 0.3 is 5.69 Å². The molecule has 1 amide bonds. The maximum atomic E-state index is 15.0. The van der Waals surface area contributed by atoms with Gasteiger partial charge in [-0.05, 0) is 117 Å². The minimum Gasteiger partial charge on any atom is -0.497 e. The van der Waals surface area contributed by atoms with Crippen molar-refractivity contribution in [1.82, 2.24) is 14.2 Å². The molecular weight excluding hydrogens is 1010 g/mol. The number of hydrogen-bond acceptors (Lipinski definition) is 15. The molecule has 2 saturated heterocycles. The van der Waals surface area contributed by atoms with Gasteiger partial charge in [-0.25, -0.2) is 9.46 Å². The third-order valence-electron chi connectivity index (χ3n) is 14.0. The lowest BCUT2D eigenvalue weighted by Crippen LogP contribution is -2.50. The molecule has 76 heavy (non-hydrogen) atoms. The van der Waals surface area contributed by atoms with Crippen LogP contribution in [0.25, 0.3) is 0 Å². The number of nitrogens with one attached hydrogen (secondary N) is 1. The van der Waals surface area contributed by atoms with Gasteiger partial charge in [0.1, 0.15) is 47.0 Å². The predicted octanol–water partition coefficient (Wildman–Crippen LogP) is 10.9. The van der Waals surface area contributed by atoms with Crippen molar-refractivity contribution >= 4 is 28.6 Å². The SMILES string of the molecule is COc1ccc(C(=O)Nc2nc(=O)n(C3OC(COC(c4ccccc4)(c4ccc(OC)cc4)c4ccc(OC)cc4)C(O[P@@](OCCC#N)N(C(C)C)C(C)C)C3O[Si](C)(C)C(C)(C)C)cc2C2OCCCO2)cc1. The number of ether oxygens (including phenoxy) is 7. The standard InChI is InChI=1S/C57H74N5O12PSi/c1-38(2)62(39(3)4)75(71-35-16-32-58)73-49-48(37-70-57(41-18-14-13-15-19-41,42-22-28-45(66-9)29-23-42)43-24-30-46(67-10)31-25-43)72-53(50(49)74-76(11,12)56(5,6)7)61-36-47(54-68-33-17-34-69-54)51(60-55(61)64)59-52(63)40-20-26-44(65-8)27-21-40/h13-15,18-31,36,38-39,48-50,53-54H,16-17,33-35,37H2,1-12H3,(H,59,60,63,64)/t48?,49?,50?,53?,75-/m1/s1. The first-order valence-corrected chi connectivity index (χ1v) is 29.8. The van der Waals surface area contributed by atoms with Gasteiger partial charge in [0.25, 0.3) is 14.4 Å². The first-order chi connectivity index (χ1) is 36.3. The van der Waals surface area contributed by atoms with Crippen LogP contribution >= 0.6 is 8.53 Å². The highest BCUT2D eigenvalue weighted by Crippen LogP contribution is 2.53. The number of carbonyl (C=O) groups excluding carboxylic acids is 1. The van der Waals surface area contributed by atoms with Gasteiger partial charge in [0, 0.05) is 23.8 Å². The Morgan fingerprint density at radius 1 is 0.829 bits per heavy atom. The summed E-state index contributed by atoms with van der Waals surface area (Å²) in [6.45, 7) is 19.7. The van der Waals surface area contributed by atoms with Crippen LogP contribution < -0.4 is 25.2 Å². The quantitative estimate of drug-likeness (QED) is 0.0282. The molecule has 2 aliphatic heterocycles. The van der Waals surface area contributed by atoms with Crippen LogP contribution in [0.2, 0.25) is 18.1 Å². The van der Waals surface area contributed by atoms with Crippen LogP contribution in [-0.4, -0.2) is 107 Å². The Morgan fingerprint density at radius 2 is 1.37 bits per heavy atom. The molecule has 5 aromatic rings. The number of nitriles is 1. The first-order valence-electron chi connectivity index (χ1n) is 25.7. The molecule has 3 heterocycles. The van der Waals surface area contributed by atoms with Gasteiger partial charge < -0.3 is 51.9 Å². The van der Waals surface area contributed by atoms with E-state index in [9.17, 15) is 14.9 Å². The fraction of sp³-hybridized carbons (Fsp3) is 0.474. The highest BCUT2D eigenvalue weighted by atomic mass is 31.2. The van der Waals surface area contributed by atoms with E-state index in [1.54, 1.807) is 51.8 Å². The van der Waals surface area contributed by atoms with E-state index >= 15 is 0 Å². The zero-order valence-electron chi connectivity index (χ0n) is 45.8. The summed E-state index contributed by atoms with van der Waals surface area (Å²) in [6.07, 6.45) is -2.77. The molecule has 1 N–H and O–H groups in total. The van der Waals surface area contributed by atoms with E-state index in [4.69, 9.17) is 46.6 Å². The fourth-order valence-corrected chi connectivity index (χ4v) is 12.1. The van der Waals surface area contributed by atoms with Crippen molar-refractivity contribution in [3.63, 3.8) is 0 Å². The summed E-state index contributed by atoms with van der Waals surface area (Å²) in [5.74, 6) is 1.37. The molecule has 408 valence electrons. The lowest BCUT2D eigenvalue weighted by atomic mass is 9.80. The van der Waals surface area contributed by atoms with Gasteiger partial charge in [-0.15, -0.1) is 0 Å². The number of aromatic nitrogens is 2. The van der Waals surface area contributed by atoms with Gasteiger partial charge in [0.15, 0.2) is 20.8 Å². The topological polar surface area (TPSA) is 183 Å². The molecule has 2 aliphatic rings. The number of methoxy groups -OCH3 is 3. The van der Waals surface area contributed by atoms with E-state index in [1.807, 2.05) is 78.9 Å². The summed E-state index contributed by atoms with van der Waals surface area (Å²) in [6, 6.07) is 34.1. The third-order valence-corrected chi connectivity index (χ3v) is 20.6. The van der Waals surface area contributed by atoms with E-state index in [0.29, 0.717) is 48.0 Å². The normalized spacial score (nSPS) is 18.9. The molecule has 17 nitrogen and oxygen atoms in total. The van der Waals surface area contributed by atoms with Crippen LogP contribution in [0.3, 0.4) is 0 Å². The molecular formula is C57H74N5O12PSi. The Kier molecular flexibility index (Phi) is 19.7. The molecule has 5 atom stereocenters. The summed E-state index contributed by atoms with van der Waals surface area (Å²) >= 11 is 0. The van der Waals surface area contributed by atoms with E-state index in [1.165, 1.54) is 4.57 Å². The Bertz CT molecular complexity index is 2710. The molecule has 4 aromatic carbocycles. The van der Waals surface area contributed by atoms with Crippen molar-refractivity contribution in [3.8, 4) is 23.3 Å². The van der Waals surface area contributed by atoms with Crippen LogP contribution in [0.15, 0.2) is 114 Å². The second-order valence-corrected chi connectivity index (χ2v) is 26.8. The third kappa shape index (κ3) is 13.2.